The van der Waals surface area contributed by atoms with Crippen LogP contribution in [-0.2, 0) is 9.53 Å². The van der Waals surface area contributed by atoms with Crippen molar-refractivity contribution in [1.29, 1.82) is 0 Å². The Morgan fingerprint density at radius 2 is 1.06 bits per heavy atom. The minimum atomic E-state index is 0.0776. The molecule has 0 rings (SSSR count). The van der Waals surface area contributed by atoms with Crippen LogP contribution in [-0.4, -0.2) is 38.1 Å². The SMILES string of the molecule is CCCCCCCCC=CCCCCCCCCOCC(=CC(=O)N(C)C)CCCCCCCCC. The van der Waals surface area contributed by atoms with E-state index in [0.29, 0.717) is 6.61 Å². The highest BCUT2D eigenvalue weighted by Crippen LogP contribution is 2.14. The van der Waals surface area contributed by atoms with Crippen LogP contribution < -0.4 is 0 Å². The summed E-state index contributed by atoms with van der Waals surface area (Å²) >= 11 is 0. The van der Waals surface area contributed by atoms with Crippen molar-refractivity contribution in [3.05, 3.63) is 23.8 Å². The molecule has 212 valence electrons. The second-order valence-electron chi connectivity index (χ2n) is 10.9. The topological polar surface area (TPSA) is 29.5 Å². The predicted molar refractivity (Wildman–Crippen MR) is 160 cm³/mol. The van der Waals surface area contributed by atoms with Crippen LogP contribution in [0.5, 0.6) is 0 Å². The van der Waals surface area contributed by atoms with E-state index in [2.05, 4.69) is 26.0 Å². The summed E-state index contributed by atoms with van der Waals surface area (Å²) in [4.78, 5) is 13.8. The van der Waals surface area contributed by atoms with E-state index in [1.54, 1.807) is 11.0 Å². The van der Waals surface area contributed by atoms with Crippen molar-refractivity contribution >= 4 is 5.91 Å². The van der Waals surface area contributed by atoms with Gasteiger partial charge in [-0.1, -0.05) is 122 Å². The van der Waals surface area contributed by atoms with Crippen molar-refractivity contribution in [2.75, 3.05) is 27.3 Å². The Bertz CT molecular complexity index is 524. The van der Waals surface area contributed by atoms with Gasteiger partial charge in [-0.25, -0.2) is 0 Å². The lowest BCUT2D eigenvalue weighted by Crippen LogP contribution is -2.20. The number of carbonyl (C=O) groups is 1. The van der Waals surface area contributed by atoms with Crippen LogP contribution in [0, 0.1) is 0 Å². The van der Waals surface area contributed by atoms with Crippen LogP contribution in [0.1, 0.15) is 155 Å². The number of nitrogens with zero attached hydrogens (tertiary/aromatic N) is 1. The Morgan fingerprint density at radius 1 is 0.611 bits per heavy atom. The molecule has 0 saturated heterocycles. The fourth-order valence-corrected chi connectivity index (χ4v) is 4.45. The third kappa shape index (κ3) is 26.0. The molecule has 36 heavy (non-hydrogen) atoms. The monoisotopic (exact) mass is 505 g/mol. The summed E-state index contributed by atoms with van der Waals surface area (Å²) in [5.41, 5.74) is 1.16. The van der Waals surface area contributed by atoms with E-state index in [0.717, 1.165) is 31.4 Å². The number of amides is 1. The van der Waals surface area contributed by atoms with Crippen molar-refractivity contribution in [2.45, 2.75) is 155 Å². The molecule has 3 heteroatoms. The van der Waals surface area contributed by atoms with Crippen LogP contribution >= 0.6 is 0 Å². The van der Waals surface area contributed by atoms with Gasteiger partial charge in [0.25, 0.3) is 0 Å². The van der Waals surface area contributed by atoms with Crippen LogP contribution in [0.3, 0.4) is 0 Å². The van der Waals surface area contributed by atoms with E-state index in [9.17, 15) is 4.79 Å². The van der Waals surface area contributed by atoms with E-state index >= 15 is 0 Å². The number of unbranched alkanes of at least 4 members (excludes halogenated alkanes) is 18. The number of likely N-dealkylation sites (N-methyl/N-ethyl adjacent to an activating group) is 1. The highest BCUT2D eigenvalue weighted by molar-refractivity contribution is 5.87. The Morgan fingerprint density at radius 3 is 1.56 bits per heavy atom. The zero-order valence-corrected chi connectivity index (χ0v) is 25.0. The van der Waals surface area contributed by atoms with Gasteiger partial charge in [-0.3, -0.25) is 4.79 Å². The summed E-state index contributed by atoms with van der Waals surface area (Å²) in [6.07, 6.45) is 35.2. The number of allylic oxidation sites excluding steroid dienone is 2. The Hall–Kier alpha value is -1.09. The van der Waals surface area contributed by atoms with E-state index in [1.165, 1.54) is 122 Å². The molecule has 3 nitrogen and oxygen atoms in total. The molecule has 0 saturated carbocycles. The lowest BCUT2D eigenvalue weighted by Gasteiger charge is -2.12. The first-order valence-corrected chi connectivity index (χ1v) is 15.7. The van der Waals surface area contributed by atoms with Gasteiger partial charge in [-0.15, -0.1) is 0 Å². The summed E-state index contributed by atoms with van der Waals surface area (Å²) in [6.45, 7) is 5.96. The molecule has 0 heterocycles. The van der Waals surface area contributed by atoms with Gasteiger partial charge < -0.3 is 9.64 Å². The van der Waals surface area contributed by atoms with Crippen LogP contribution in [0.2, 0.25) is 0 Å². The van der Waals surface area contributed by atoms with Gasteiger partial charge in [-0.2, -0.15) is 0 Å². The first kappa shape index (κ1) is 34.9. The summed E-state index contributed by atoms with van der Waals surface area (Å²) in [5, 5.41) is 0. The zero-order chi connectivity index (χ0) is 26.5. The zero-order valence-electron chi connectivity index (χ0n) is 25.0. The minimum Gasteiger partial charge on any atom is -0.377 e. The lowest BCUT2D eigenvalue weighted by molar-refractivity contribution is -0.123. The van der Waals surface area contributed by atoms with E-state index in [1.807, 2.05) is 14.1 Å². The smallest absolute Gasteiger partial charge is 0.246 e. The Kier molecular flexibility index (Phi) is 27.6. The number of carbonyl (C=O) groups excluding carboxylic acids is 1. The predicted octanol–water partition coefficient (Wildman–Crippen LogP) is 10.2. The van der Waals surface area contributed by atoms with Crippen molar-refractivity contribution in [3.8, 4) is 0 Å². The molecule has 0 bridgehead atoms. The van der Waals surface area contributed by atoms with Crippen molar-refractivity contribution < 1.29 is 9.53 Å². The maximum atomic E-state index is 12.1. The summed E-state index contributed by atoms with van der Waals surface area (Å²) in [7, 11) is 3.63. The maximum absolute atomic E-state index is 12.1. The quantitative estimate of drug-likeness (QED) is 0.0631. The Labute approximate surface area is 226 Å². The Balaban J connectivity index is 3.72. The number of rotatable bonds is 27. The van der Waals surface area contributed by atoms with Gasteiger partial charge in [0.2, 0.25) is 5.91 Å². The first-order valence-electron chi connectivity index (χ1n) is 15.7. The van der Waals surface area contributed by atoms with Crippen LogP contribution in [0.25, 0.3) is 0 Å². The average Bonchev–Trinajstić information content (AvgIpc) is 2.87. The van der Waals surface area contributed by atoms with Gasteiger partial charge >= 0.3 is 0 Å². The fourth-order valence-electron chi connectivity index (χ4n) is 4.45. The van der Waals surface area contributed by atoms with Crippen LogP contribution in [0.15, 0.2) is 23.8 Å². The molecule has 1 amide bonds. The summed E-state index contributed by atoms with van der Waals surface area (Å²) in [6, 6.07) is 0. The number of hydrogen-bond donors (Lipinski definition) is 0. The highest BCUT2D eigenvalue weighted by atomic mass is 16.5. The summed E-state index contributed by atoms with van der Waals surface area (Å²) < 4.78 is 5.96. The second-order valence-corrected chi connectivity index (χ2v) is 10.9. The lowest BCUT2D eigenvalue weighted by atomic mass is 10.0. The van der Waals surface area contributed by atoms with Crippen molar-refractivity contribution in [1.82, 2.24) is 4.90 Å². The third-order valence-electron chi connectivity index (χ3n) is 6.96. The molecular weight excluding hydrogens is 442 g/mol. The molecule has 0 N–H and O–H groups in total. The van der Waals surface area contributed by atoms with Gasteiger partial charge in [0.1, 0.15) is 0 Å². The van der Waals surface area contributed by atoms with Crippen LogP contribution in [0.4, 0.5) is 0 Å². The molecular formula is C33H63NO2. The van der Waals surface area contributed by atoms with Crippen molar-refractivity contribution in [2.24, 2.45) is 0 Å². The molecule has 0 aliphatic rings. The van der Waals surface area contributed by atoms with Gasteiger partial charge in [0.05, 0.1) is 6.61 Å². The minimum absolute atomic E-state index is 0.0776. The normalized spacial score (nSPS) is 12.1. The standard InChI is InChI=1S/C33H63NO2/c1-5-7-9-11-13-14-15-16-17-18-19-20-21-23-25-27-29-36-31-32(30-33(35)34(3)4)28-26-24-22-12-10-8-6-2/h16-17,30H,5-15,18-29,31H2,1-4H3. The molecule has 0 aliphatic heterocycles. The molecule has 0 aliphatic carbocycles. The van der Waals surface area contributed by atoms with E-state index < -0.39 is 0 Å². The molecule has 0 aromatic carbocycles. The molecule has 0 aromatic rings. The van der Waals surface area contributed by atoms with Gasteiger partial charge in [-0.05, 0) is 50.5 Å². The van der Waals surface area contributed by atoms with E-state index in [-0.39, 0.29) is 5.91 Å². The molecule has 0 atom stereocenters. The second kappa shape index (κ2) is 28.5. The third-order valence-corrected chi connectivity index (χ3v) is 6.96. The maximum Gasteiger partial charge on any atom is 0.246 e. The molecule has 0 unspecified atom stereocenters. The molecule has 0 fully saturated rings. The number of ether oxygens (including phenoxy) is 1. The molecule has 0 spiro atoms. The van der Waals surface area contributed by atoms with Crippen molar-refractivity contribution in [3.63, 3.8) is 0 Å². The average molecular weight is 506 g/mol. The fraction of sp³-hybridized carbons (Fsp3) is 0.848. The highest BCUT2D eigenvalue weighted by Gasteiger charge is 2.05. The van der Waals surface area contributed by atoms with Gasteiger partial charge in [0, 0.05) is 26.8 Å². The largest absolute Gasteiger partial charge is 0.377 e. The molecule has 0 aromatic heterocycles. The van der Waals surface area contributed by atoms with Gasteiger partial charge in [0.15, 0.2) is 0 Å². The van der Waals surface area contributed by atoms with E-state index in [4.69, 9.17) is 4.74 Å². The number of hydrogen-bond acceptors (Lipinski definition) is 2. The first-order chi connectivity index (χ1) is 17.6. The molecule has 0 radical (unpaired) electrons. The summed E-state index contributed by atoms with van der Waals surface area (Å²) in [5.74, 6) is 0.0776.